The highest BCUT2D eigenvalue weighted by Crippen LogP contribution is 2.22. The van der Waals surface area contributed by atoms with Crippen LogP contribution in [0, 0.1) is 18.6 Å². The van der Waals surface area contributed by atoms with Crippen LogP contribution in [0.2, 0.25) is 0 Å². The van der Waals surface area contributed by atoms with Gasteiger partial charge in [-0.3, -0.25) is 0 Å². The Bertz CT molecular complexity index is 976. The molecule has 2 aromatic carbocycles. The Morgan fingerprint density at radius 1 is 1.07 bits per heavy atom. The Morgan fingerprint density at radius 2 is 1.93 bits per heavy atom. The number of nitrogens with one attached hydrogen (secondary N) is 1. The van der Waals surface area contributed by atoms with Crippen LogP contribution in [0.25, 0.3) is 10.9 Å². The van der Waals surface area contributed by atoms with Crippen LogP contribution >= 0.6 is 0 Å². The first-order valence-electron chi connectivity index (χ1n) is 9.76. The van der Waals surface area contributed by atoms with Gasteiger partial charge in [0, 0.05) is 36.6 Å². The monoisotopic (exact) mass is 382 g/mol. The molecule has 6 heteroatoms. The lowest BCUT2D eigenvalue weighted by Gasteiger charge is -2.21. The predicted octanol–water partition coefficient (Wildman–Crippen LogP) is 4.37. The van der Waals surface area contributed by atoms with E-state index in [9.17, 15) is 8.78 Å². The first-order chi connectivity index (χ1) is 13.6. The Morgan fingerprint density at radius 3 is 2.79 bits per heavy atom. The van der Waals surface area contributed by atoms with Crippen LogP contribution in [0.1, 0.15) is 30.5 Å². The predicted molar refractivity (Wildman–Crippen MR) is 107 cm³/mol. The maximum Gasteiger partial charge on any atom is 0.226 e. The van der Waals surface area contributed by atoms with Gasteiger partial charge in [0.25, 0.3) is 0 Å². The number of anilines is 1. The molecule has 1 atom stereocenters. The average Bonchev–Trinajstić information content (AvgIpc) is 2.93. The van der Waals surface area contributed by atoms with Gasteiger partial charge in [-0.2, -0.15) is 0 Å². The van der Waals surface area contributed by atoms with Gasteiger partial charge in [-0.05, 0) is 50.5 Å². The number of aryl methyl sites for hydroxylation is 1. The molecule has 0 amide bonds. The highest BCUT2D eigenvalue weighted by molar-refractivity contribution is 5.81. The molecule has 1 unspecified atom stereocenters. The summed E-state index contributed by atoms with van der Waals surface area (Å²) < 4.78 is 27.3. The van der Waals surface area contributed by atoms with Crippen molar-refractivity contribution in [1.82, 2.24) is 15.3 Å². The van der Waals surface area contributed by atoms with Crippen LogP contribution in [0.5, 0.6) is 0 Å². The molecule has 0 saturated carbocycles. The number of aromatic nitrogens is 2. The van der Waals surface area contributed by atoms with Crippen LogP contribution in [-0.4, -0.2) is 29.1 Å². The SMILES string of the molecule is Cc1nc(N2CCCC(NCc3ccccc3F)CC2)nc2ccc(F)cc12. The van der Waals surface area contributed by atoms with Gasteiger partial charge in [-0.25, -0.2) is 18.7 Å². The van der Waals surface area contributed by atoms with Crippen LogP contribution in [0.15, 0.2) is 42.5 Å². The number of fused-ring (bicyclic) bond motifs is 1. The molecule has 0 spiro atoms. The van der Waals surface area contributed by atoms with E-state index in [1.165, 1.54) is 18.2 Å². The number of benzene rings is 2. The molecule has 28 heavy (non-hydrogen) atoms. The molecule has 0 radical (unpaired) electrons. The molecule has 1 saturated heterocycles. The molecule has 1 aromatic heterocycles. The Kier molecular flexibility index (Phi) is 5.48. The van der Waals surface area contributed by atoms with E-state index in [0.717, 1.165) is 48.9 Å². The molecular weight excluding hydrogens is 358 g/mol. The molecule has 0 aliphatic carbocycles. The summed E-state index contributed by atoms with van der Waals surface area (Å²) in [4.78, 5) is 11.5. The van der Waals surface area contributed by atoms with Gasteiger partial charge in [0.1, 0.15) is 11.6 Å². The second-order valence-electron chi connectivity index (χ2n) is 7.36. The molecule has 0 bridgehead atoms. The number of nitrogens with zero attached hydrogens (tertiary/aromatic N) is 3. The summed E-state index contributed by atoms with van der Waals surface area (Å²) in [5, 5.41) is 4.24. The standard InChI is InChI=1S/C22H24F2N4/c1-15-19-13-17(23)8-9-21(19)27-22(26-15)28-11-4-6-18(10-12-28)25-14-16-5-2-3-7-20(16)24/h2-3,5,7-9,13,18,25H,4,6,10-12,14H2,1H3. The minimum atomic E-state index is -0.273. The van der Waals surface area contributed by atoms with Crippen molar-refractivity contribution in [2.24, 2.45) is 0 Å². The topological polar surface area (TPSA) is 41.1 Å². The van der Waals surface area contributed by atoms with Gasteiger partial charge >= 0.3 is 0 Å². The Hall–Kier alpha value is -2.60. The molecule has 2 heterocycles. The molecule has 1 aliphatic heterocycles. The summed E-state index contributed by atoms with van der Waals surface area (Å²) in [5.74, 6) is 0.263. The van der Waals surface area contributed by atoms with Crippen molar-refractivity contribution in [2.75, 3.05) is 18.0 Å². The zero-order chi connectivity index (χ0) is 19.5. The Balaban J connectivity index is 1.43. The molecule has 1 N–H and O–H groups in total. The van der Waals surface area contributed by atoms with Crippen LogP contribution in [0.4, 0.5) is 14.7 Å². The van der Waals surface area contributed by atoms with E-state index in [-0.39, 0.29) is 11.6 Å². The first-order valence-corrected chi connectivity index (χ1v) is 9.76. The fourth-order valence-corrected chi connectivity index (χ4v) is 3.78. The maximum atomic E-state index is 13.8. The minimum absolute atomic E-state index is 0.165. The highest BCUT2D eigenvalue weighted by atomic mass is 19.1. The van der Waals surface area contributed by atoms with Crippen molar-refractivity contribution in [2.45, 2.75) is 38.8 Å². The number of hydrogen-bond acceptors (Lipinski definition) is 4. The first kappa shape index (κ1) is 18.7. The summed E-state index contributed by atoms with van der Waals surface area (Å²) in [6.07, 6.45) is 2.99. The lowest BCUT2D eigenvalue weighted by atomic mass is 10.1. The molecular formula is C22H24F2N4. The second kappa shape index (κ2) is 8.19. The molecule has 1 aliphatic rings. The van der Waals surface area contributed by atoms with E-state index in [1.807, 2.05) is 19.1 Å². The molecule has 4 rings (SSSR count). The van der Waals surface area contributed by atoms with Gasteiger partial charge in [-0.15, -0.1) is 0 Å². The van der Waals surface area contributed by atoms with E-state index in [0.29, 0.717) is 24.1 Å². The fraction of sp³-hybridized carbons (Fsp3) is 0.364. The minimum Gasteiger partial charge on any atom is -0.341 e. The fourth-order valence-electron chi connectivity index (χ4n) is 3.78. The lowest BCUT2D eigenvalue weighted by molar-refractivity contribution is 0.462. The van der Waals surface area contributed by atoms with Crippen LogP contribution in [0.3, 0.4) is 0 Å². The summed E-state index contributed by atoms with van der Waals surface area (Å²) in [7, 11) is 0. The number of halogens is 2. The average molecular weight is 382 g/mol. The molecule has 146 valence electrons. The van der Waals surface area contributed by atoms with Crippen molar-refractivity contribution >= 4 is 16.9 Å². The van der Waals surface area contributed by atoms with Gasteiger partial charge in [0.15, 0.2) is 0 Å². The van der Waals surface area contributed by atoms with E-state index >= 15 is 0 Å². The van der Waals surface area contributed by atoms with Gasteiger partial charge in [0.05, 0.1) is 11.2 Å². The third kappa shape index (κ3) is 4.12. The number of hydrogen-bond donors (Lipinski definition) is 1. The van der Waals surface area contributed by atoms with Crippen molar-refractivity contribution in [3.05, 3.63) is 65.4 Å². The van der Waals surface area contributed by atoms with E-state index in [1.54, 1.807) is 12.1 Å². The smallest absolute Gasteiger partial charge is 0.226 e. The maximum absolute atomic E-state index is 13.8. The Labute approximate surface area is 163 Å². The molecule has 3 aromatic rings. The second-order valence-corrected chi connectivity index (χ2v) is 7.36. The van der Waals surface area contributed by atoms with E-state index in [4.69, 9.17) is 0 Å². The van der Waals surface area contributed by atoms with Crippen molar-refractivity contribution < 1.29 is 8.78 Å². The van der Waals surface area contributed by atoms with Crippen molar-refractivity contribution in [3.63, 3.8) is 0 Å². The quantitative estimate of drug-likeness (QED) is 0.728. The zero-order valence-electron chi connectivity index (χ0n) is 16.0. The van der Waals surface area contributed by atoms with Gasteiger partial charge in [0.2, 0.25) is 5.95 Å². The third-order valence-corrected chi connectivity index (χ3v) is 5.39. The summed E-state index contributed by atoms with van der Waals surface area (Å²) in [6.45, 7) is 4.14. The van der Waals surface area contributed by atoms with Crippen molar-refractivity contribution in [3.8, 4) is 0 Å². The highest BCUT2D eigenvalue weighted by Gasteiger charge is 2.20. The summed E-state index contributed by atoms with van der Waals surface area (Å²) in [6, 6.07) is 11.8. The third-order valence-electron chi connectivity index (χ3n) is 5.39. The van der Waals surface area contributed by atoms with Gasteiger partial charge in [-0.1, -0.05) is 18.2 Å². The van der Waals surface area contributed by atoms with Crippen molar-refractivity contribution in [1.29, 1.82) is 0 Å². The van der Waals surface area contributed by atoms with Crippen LogP contribution in [-0.2, 0) is 6.54 Å². The lowest BCUT2D eigenvalue weighted by Crippen LogP contribution is -2.31. The largest absolute Gasteiger partial charge is 0.341 e. The van der Waals surface area contributed by atoms with Gasteiger partial charge < -0.3 is 10.2 Å². The zero-order valence-corrected chi connectivity index (χ0v) is 16.0. The number of rotatable bonds is 4. The van der Waals surface area contributed by atoms with E-state index in [2.05, 4.69) is 20.2 Å². The summed E-state index contributed by atoms with van der Waals surface area (Å²) >= 11 is 0. The van der Waals surface area contributed by atoms with E-state index < -0.39 is 0 Å². The molecule has 4 nitrogen and oxygen atoms in total. The normalized spacial score (nSPS) is 17.7. The summed E-state index contributed by atoms with van der Waals surface area (Å²) in [5.41, 5.74) is 2.25. The molecule has 1 fully saturated rings. The van der Waals surface area contributed by atoms with Crippen LogP contribution < -0.4 is 10.2 Å².